The summed E-state index contributed by atoms with van der Waals surface area (Å²) in [5, 5.41) is 6.15. The number of hydrogen-bond donors (Lipinski definition) is 2. The van der Waals surface area contributed by atoms with Crippen LogP contribution in [0.1, 0.15) is 44.0 Å². The molecule has 0 spiro atoms. The van der Waals surface area contributed by atoms with Gasteiger partial charge >= 0.3 is 0 Å². The average Bonchev–Trinajstić information content (AvgIpc) is 3.33. The number of pyridine rings is 1. The Hall–Kier alpha value is -3.11. The minimum absolute atomic E-state index is 0.00270. The number of aryl methyl sites for hydroxylation is 1. The molecule has 0 radical (unpaired) electrons. The van der Waals surface area contributed by atoms with Crippen molar-refractivity contribution in [2.24, 2.45) is 5.92 Å². The lowest BCUT2D eigenvalue weighted by molar-refractivity contribution is -0.123. The third-order valence-corrected chi connectivity index (χ3v) is 6.54. The summed E-state index contributed by atoms with van der Waals surface area (Å²) in [7, 11) is 0. The molecule has 2 aromatic rings. The molecule has 2 amide bonds. The highest BCUT2D eigenvalue weighted by Crippen LogP contribution is 2.35. The second-order valence-electron chi connectivity index (χ2n) is 9.63. The number of nitrogens with zero attached hydrogens (tertiary/aromatic N) is 2. The molecule has 1 aromatic heterocycles. The van der Waals surface area contributed by atoms with Crippen molar-refractivity contribution in [3.8, 4) is 11.5 Å². The van der Waals surface area contributed by atoms with Crippen molar-refractivity contribution in [2.75, 3.05) is 46.2 Å². The fourth-order valence-corrected chi connectivity index (χ4v) is 4.60. The number of benzene rings is 1. The zero-order valence-corrected chi connectivity index (χ0v) is 21.3. The number of ether oxygens (including phenoxy) is 3. The predicted octanol–water partition coefficient (Wildman–Crippen LogP) is 1.73. The quantitative estimate of drug-likeness (QED) is 0.478. The van der Waals surface area contributed by atoms with E-state index in [1.165, 1.54) is 0 Å². The van der Waals surface area contributed by atoms with E-state index >= 15 is 0 Å². The van der Waals surface area contributed by atoms with E-state index in [4.69, 9.17) is 14.2 Å². The molecule has 10 heteroatoms. The van der Waals surface area contributed by atoms with Gasteiger partial charge in [-0.15, -0.1) is 0 Å². The molecule has 196 valence electrons. The number of morpholine rings is 1. The minimum atomic E-state index is -0.734. The summed E-state index contributed by atoms with van der Waals surface area (Å²) >= 11 is 0. The fourth-order valence-electron chi connectivity index (χ4n) is 4.60. The third-order valence-electron chi connectivity index (χ3n) is 6.54. The zero-order chi connectivity index (χ0) is 25.7. The van der Waals surface area contributed by atoms with Crippen LogP contribution in [0.4, 0.5) is 0 Å². The number of hydrogen-bond acceptors (Lipinski definition) is 7. The van der Waals surface area contributed by atoms with E-state index in [0.29, 0.717) is 41.9 Å². The number of nitrogens with one attached hydrogen (secondary N) is 2. The maximum absolute atomic E-state index is 13.3. The lowest BCUT2D eigenvalue weighted by Crippen LogP contribution is -2.48. The largest absolute Gasteiger partial charge is 0.454 e. The number of fused-ring (bicyclic) bond motifs is 2. The fraction of sp³-hybridized carbons (Fsp3) is 0.577. The lowest BCUT2D eigenvalue weighted by atomic mass is 10.0. The average molecular weight is 501 g/mol. The zero-order valence-electron chi connectivity index (χ0n) is 21.3. The molecule has 1 saturated heterocycles. The number of carbonyl (C=O) groups is 2. The molecule has 2 N–H and O–H groups in total. The highest BCUT2D eigenvalue weighted by molar-refractivity contribution is 6.00. The highest BCUT2D eigenvalue weighted by atomic mass is 16.7. The summed E-state index contributed by atoms with van der Waals surface area (Å²) in [6.07, 6.45) is 2.83. The Morgan fingerprint density at radius 1 is 1.11 bits per heavy atom. The Balaban J connectivity index is 1.46. The Bertz CT molecular complexity index is 1160. The van der Waals surface area contributed by atoms with E-state index in [1.54, 1.807) is 18.3 Å². The number of amides is 2. The van der Waals surface area contributed by atoms with Crippen LogP contribution in [-0.4, -0.2) is 73.5 Å². The molecular weight excluding hydrogens is 464 g/mol. The number of aromatic nitrogens is 1. The molecule has 36 heavy (non-hydrogen) atoms. The molecular formula is C26H36N4O6. The van der Waals surface area contributed by atoms with Crippen molar-refractivity contribution in [2.45, 2.75) is 46.2 Å². The van der Waals surface area contributed by atoms with Crippen LogP contribution in [0.25, 0.3) is 10.9 Å². The van der Waals surface area contributed by atoms with Crippen LogP contribution in [0, 0.1) is 5.92 Å². The number of rotatable bonds is 10. The summed E-state index contributed by atoms with van der Waals surface area (Å²) in [6, 6.07) is 2.65. The second-order valence-corrected chi connectivity index (χ2v) is 9.63. The van der Waals surface area contributed by atoms with Crippen molar-refractivity contribution in [1.29, 1.82) is 0 Å². The molecule has 2 aliphatic heterocycles. The van der Waals surface area contributed by atoms with Crippen molar-refractivity contribution in [3.05, 3.63) is 34.1 Å². The molecule has 1 atom stereocenters. The van der Waals surface area contributed by atoms with Gasteiger partial charge in [-0.3, -0.25) is 19.3 Å². The van der Waals surface area contributed by atoms with Gasteiger partial charge in [-0.25, -0.2) is 0 Å². The highest BCUT2D eigenvalue weighted by Gasteiger charge is 2.25. The Labute approximate surface area is 210 Å². The Kier molecular flexibility index (Phi) is 8.48. The topological polar surface area (TPSA) is 111 Å². The van der Waals surface area contributed by atoms with Crippen LogP contribution in [0.2, 0.25) is 0 Å². The normalized spacial score (nSPS) is 16.3. The lowest BCUT2D eigenvalue weighted by Gasteiger charge is -2.26. The molecule has 2 aliphatic rings. The van der Waals surface area contributed by atoms with Crippen molar-refractivity contribution in [3.63, 3.8) is 0 Å². The van der Waals surface area contributed by atoms with Crippen LogP contribution < -0.4 is 25.5 Å². The van der Waals surface area contributed by atoms with Crippen LogP contribution in [0.3, 0.4) is 0 Å². The van der Waals surface area contributed by atoms with Gasteiger partial charge in [0.25, 0.3) is 5.91 Å². The number of carbonyl (C=O) groups excluding carboxylic acids is 2. The van der Waals surface area contributed by atoms with E-state index in [9.17, 15) is 14.4 Å². The smallest absolute Gasteiger partial charge is 0.257 e. The van der Waals surface area contributed by atoms with E-state index < -0.39 is 17.4 Å². The monoisotopic (exact) mass is 500 g/mol. The second kappa shape index (κ2) is 11.7. The first-order valence-electron chi connectivity index (χ1n) is 12.7. The summed E-state index contributed by atoms with van der Waals surface area (Å²) < 4.78 is 18.1. The van der Waals surface area contributed by atoms with Crippen LogP contribution in [0.5, 0.6) is 11.5 Å². The van der Waals surface area contributed by atoms with Crippen LogP contribution in [-0.2, 0) is 16.1 Å². The molecule has 0 unspecified atom stereocenters. The van der Waals surface area contributed by atoms with E-state index in [2.05, 4.69) is 15.5 Å². The van der Waals surface area contributed by atoms with Gasteiger partial charge in [0.1, 0.15) is 11.6 Å². The van der Waals surface area contributed by atoms with Gasteiger partial charge in [-0.2, -0.15) is 0 Å². The van der Waals surface area contributed by atoms with E-state index in [0.717, 1.165) is 39.3 Å². The molecule has 0 aliphatic carbocycles. The van der Waals surface area contributed by atoms with E-state index in [-0.39, 0.29) is 24.2 Å². The SMILES string of the molecule is CCn1cc(C(=O)N[C@@H](CC(C)C)C(=O)NCCCN2CCOCC2)c(=O)c2cc3c(cc21)OCO3. The first kappa shape index (κ1) is 26.0. The van der Waals surface area contributed by atoms with Crippen molar-refractivity contribution >= 4 is 22.7 Å². The summed E-state index contributed by atoms with van der Waals surface area (Å²) in [4.78, 5) is 41.8. The Morgan fingerprint density at radius 3 is 2.53 bits per heavy atom. The van der Waals surface area contributed by atoms with Crippen molar-refractivity contribution in [1.82, 2.24) is 20.1 Å². The van der Waals surface area contributed by atoms with Gasteiger partial charge in [0.15, 0.2) is 11.5 Å². The maximum Gasteiger partial charge on any atom is 0.257 e. The summed E-state index contributed by atoms with van der Waals surface area (Å²) in [5.74, 6) is 0.436. The standard InChI is InChI=1S/C26H36N4O6/c1-4-30-15-19(24(31)18-13-22-23(14-21(18)30)36-16-35-22)25(32)28-20(12-17(2)3)26(33)27-6-5-7-29-8-10-34-11-9-29/h13-15,17,20H,4-12,16H2,1-3H3,(H,27,33)(H,28,32)/t20-/m0/s1. The first-order valence-corrected chi connectivity index (χ1v) is 12.7. The van der Waals surface area contributed by atoms with Gasteiger partial charge in [-0.1, -0.05) is 13.8 Å². The summed E-state index contributed by atoms with van der Waals surface area (Å²) in [6.45, 7) is 11.3. The first-order chi connectivity index (χ1) is 17.4. The predicted molar refractivity (Wildman–Crippen MR) is 136 cm³/mol. The van der Waals surface area contributed by atoms with E-state index in [1.807, 2.05) is 25.3 Å². The van der Waals surface area contributed by atoms with Gasteiger partial charge in [0.05, 0.1) is 24.1 Å². The molecule has 4 rings (SSSR count). The maximum atomic E-state index is 13.3. The molecule has 3 heterocycles. The van der Waals surface area contributed by atoms with Gasteiger partial charge in [0, 0.05) is 38.4 Å². The Morgan fingerprint density at radius 2 is 1.83 bits per heavy atom. The molecule has 10 nitrogen and oxygen atoms in total. The third kappa shape index (κ3) is 5.99. The van der Waals surface area contributed by atoms with Gasteiger partial charge < -0.3 is 29.4 Å². The van der Waals surface area contributed by atoms with Crippen LogP contribution >= 0.6 is 0 Å². The van der Waals surface area contributed by atoms with Gasteiger partial charge in [-0.05, 0) is 38.3 Å². The van der Waals surface area contributed by atoms with Crippen LogP contribution in [0.15, 0.2) is 23.1 Å². The molecule has 1 fully saturated rings. The minimum Gasteiger partial charge on any atom is -0.454 e. The van der Waals surface area contributed by atoms with Gasteiger partial charge in [0.2, 0.25) is 18.1 Å². The molecule has 1 aromatic carbocycles. The van der Waals surface area contributed by atoms with Crippen molar-refractivity contribution < 1.29 is 23.8 Å². The summed E-state index contributed by atoms with van der Waals surface area (Å²) in [5.41, 5.74) is 0.261. The molecule has 0 bridgehead atoms. The molecule has 0 saturated carbocycles.